The number of anilines is 1. The average Bonchev–Trinajstić information content (AvgIpc) is 3.20. The molecular formula is C22H23N3O5S2. The van der Waals surface area contributed by atoms with Gasteiger partial charge in [-0.05, 0) is 55.3 Å². The highest BCUT2D eigenvalue weighted by atomic mass is 32.2. The Morgan fingerprint density at radius 1 is 1.09 bits per heavy atom. The third-order valence-corrected chi connectivity index (χ3v) is 7.87. The Kier molecular flexibility index (Phi) is 6.63. The van der Waals surface area contributed by atoms with E-state index in [1.807, 2.05) is 0 Å². The zero-order valence-corrected chi connectivity index (χ0v) is 19.2. The number of hydrogen-bond donors (Lipinski definition) is 1. The molecule has 8 nitrogen and oxygen atoms in total. The molecule has 1 saturated heterocycles. The summed E-state index contributed by atoms with van der Waals surface area (Å²) in [5.41, 5.74) is 2.04. The summed E-state index contributed by atoms with van der Waals surface area (Å²) in [6.45, 7) is 2.49. The Morgan fingerprint density at radius 3 is 2.50 bits per heavy atom. The smallest absolute Gasteiger partial charge is 0.257 e. The number of rotatable bonds is 7. The molecule has 0 saturated carbocycles. The second-order valence-corrected chi connectivity index (χ2v) is 10.4. The van der Waals surface area contributed by atoms with Gasteiger partial charge in [-0.2, -0.15) is 4.31 Å². The van der Waals surface area contributed by atoms with E-state index in [1.165, 1.54) is 23.4 Å². The summed E-state index contributed by atoms with van der Waals surface area (Å²) in [6.07, 6.45) is 2.79. The number of fused-ring (bicyclic) bond motifs is 1. The molecule has 1 fully saturated rings. The van der Waals surface area contributed by atoms with Crippen LogP contribution >= 0.6 is 11.8 Å². The zero-order valence-electron chi connectivity index (χ0n) is 17.5. The first-order valence-corrected chi connectivity index (χ1v) is 12.7. The lowest BCUT2D eigenvalue weighted by Crippen LogP contribution is -2.35. The molecule has 1 aliphatic rings. The third-order valence-electron chi connectivity index (χ3n) is 5.15. The van der Waals surface area contributed by atoms with E-state index in [2.05, 4.69) is 10.3 Å². The van der Waals surface area contributed by atoms with Crippen LogP contribution in [0.2, 0.25) is 0 Å². The summed E-state index contributed by atoms with van der Waals surface area (Å²) in [5.74, 6) is -0.173. The van der Waals surface area contributed by atoms with Crippen LogP contribution in [0, 0.1) is 0 Å². The van der Waals surface area contributed by atoms with Crippen LogP contribution in [0.5, 0.6) is 0 Å². The third kappa shape index (κ3) is 5.03. The molecule has 0 spiro atoms. The molecular weight excluding hydrogens is 450 g/mol. The Morgan fingerprint density at radius 2 is 1.81 bits per heavy atom. The Hall–Kier alpha value is -2.69. The van der Waals surface area contributed by atoms with E-state index >= 15 is 0 Å². The molecule has 10 heteroatoms. The van der Waals surface area contributed by atoms with Gasteiger partial charge in [0.15, 0.2) is 11.4 Å². The fourth-order valence-electron chi connectivity index (χ4n) is 3.52. The van der Waals surface area contributed by atoms with Gasteiger partial charge in [0.1, 0.15) is 5.52 Å². The molecule has 1 N–H and O–H groups in total. The number of nitrogens with one attached hydrogen (secondary N) is 1. The summed E-state index contributed by atoms with van der Waals surface area (Å²) in [4.78, 5) is 28.1. The largest absolute Gasteiger partial charge is 0.431 e. The van der Waals surface area contributed by atoms with Crippen molar-refractivity contribution in [1.29, 1.82) is 0 Å². The molecule has 0 aliphatic carbocycles. The maximum Gasteiger partial charge on any atom is 0.257 e. The highest BCUT2D eigenvalue weighted by Crippen LogP contribution is 2.28. The number of sulfonamides is 1. The maximum absolute atomic E-state index is 12.9. The standard InChI is InChI=1S/C22H23N3O5S2/c1-15(26)23-17-7-5-16(6-8-17)20(27)14-31-22-24-19-13-18(9-10-21(19)30-22)32(28,29)25-11-3-2-4-12-25/h5-10,13H,2-4,11-12,14H2,1H3,(H,23,26). The number of benzene rings is 2. The van der Waals surface area contributed by atoms with Crippen molar-refractivity contribution in [1.82, 2.24) is 9.29 Å². The molecule has 2 heterocycles. The number of aromatic nitrogens is 1. The van der Waals surface area contributed by atoms with Crippen molar-refractivity contribution in [2.24, 2.45) is 0 Å². The van der Waals surface area contributed by atoms with Crippen molar-refractivity contribution >= 4 is 50.3 Å². The number of ketones is 1. The van der Waals surface area contributed by atoms with E-state index < -0.39 is 10.0 Å². The van der Waals surface area contributed by atoms with Crippen LogP contribution in [-0.4, -0.2) is 48.2 Å². The summed E-state index contributed by atoms with van der Waals surface area (Å²) in [5, 5.41) is 2.95. The maximum atomic E-state index is 12.9. The predicted octanol–water partition coefficient (Wildman–Crippen LogP) is 3.94. The molecule has 4 rings (SSSR count). The van der Waals surface area contributed by atoms with Crippen molar-refractivity contribution in [2.45, 2.75) is 36.3 Å². The molecule has 0 atom stereocenters. The molecule has 32 heavy (non-hydrogen) atoms. The first kappa shape index (κ1) is 22.5. The van der Waals surface area contributed by atoms with E-state index in [9.17, 15) is 18.0 Å². The fourth-order valence-corrected chi connectivity index (χ4v) is 5.79. The van der Waals surface area contributed by atoms with Crippen LogP contribution in [0.15, 0.2) is 57.0 Å². The molecule has 2 aromatic carbocycles. The van der Waals surface area contributed by atoms with Crippen LogP contribution in [0.25, 0.3) is 11.1 Å². The van der Waals surface area contributed by atoms with E-state index in [0.717, 1.165) is 31.0 Å². The minimum absolute atomic E-state index is 0.111. The molecule has 1 aliphatic heterocycles. The number of carbonyl (C=O) groups is 2. The van der Waals surface area contributed by atoms with Crippen LogP contribution in [0.3, 0.4) is 0 Å². The van der Waals surface area contributed by atoms with Crippen LogP contribution in [-0.2, 0) is 14.8 Å². The Labute approximate surface area is 190 Å². The summed E-state index contributed by atoms with van der Waals surface area (Å²) >= 11 is 1.15. The second kappa shape index (κ2) is 9.43. The van der Waals surface area contributed by atoms with Gasteiger partial charge in [-0.25, -0.2) is 13.4 Å². The SMILES string of the molecule is CC(=O)Nc1ccc(C(=O)CSc2nc3cc(S(=O)(=O)N4CCCCC4)ccc3o2)cc1. The Bertz CT molecular complexity index is 1250. The number of piperidine rings is 1. The molecule has 0 radical (unpaired) electrons. The minimum Gasteiger partial charge on any atom is -0.431 e. The molecule has 168 valence electrons. The minimum atomic E-state index is -3.55. The highest BCUT2D eigenvalue weighted by Gasteiger charge is 2.26. The number of thioether (sulfide) groups is 1. The van der Waals surface area contributed by atoms with Crippen molar-refractivity contribution in [3.05, 3.63) is 48.0 Å². The molecule has 1 aromatic heterocycles. The van der Waals surface area contributed by atoms with Gasteiger partial charge in [0.05, 0.1) is 10.6 Å². The van der Waals surface area contributed by atoms with E-state index in [1.54, 1.807) is 30.3 Å². The van der Waals surface area contributed by atoms with E-state index in [-0.39, 0.29) is 22.3 Å². The number of hydrogen-bond acceptors (Lipinski definition) is 7. The van der Waals surface area contributed by atoms with E-state index in [4.69, 9.17) is 4.42 Å². The van der Waals surface area contributed by atoms with Gasteiger partial charge >= 0.3 is 0 Å². The average molecular weight is 474 g/mol. The highest BCUT2D eigenvalue weighted by molar-refractivity contribution is 7.99. The van der Waals surface area contributed by atoms with Crippen molar-refractivity contribution in [2.75, 3.05) is 24.2 Å². The van der Waals surface area contributed by atoms with Gasteiger partial charge in [-0.3, -0.25) is 9.59 Å². The summed E-state index contributed by atoms with van der Waals surface area (Å²) in [6, 6.07) is 11.3. The monoisotopic (exact) mass is 473 g/mol. The first-order valence-electron chi connectivity index (χ1n) is 10.3. The van der Waals surface area contributed by atoms with Crippen LogP contribution in [0.1, 0.15) is 36.5 Å². The normalized spacial score (nSPS) is 15.0. The summed E-state index contributed by atoms with van der Waals surface area (Å²) < 4.78 is 33.0. The number of carbonyl (C=O) groups excluding carboxylic acids is 2. The lowest BCUT2D eigenvalue weighted by molar-refractivity contribution is -0.114. The topological polar surface area (TPSA) is 110 Å². The van der Waals surface area contributed by atoms with Gasteiger partial charge in [-0.15, -0.1) is 0 Å². The van der Waals surface area contributed by atoms with Gasteiger partial charge in [0.25, 0.3) is 5.22 Å². The van der Waals surface area contributed by atoms with Crippen LogP contribution in [0.4, 0.5) is 5.69 Å². The van der Waals surface area contributed by atoms with Gasteiger partial charge in [-0.1, -0.05) is 18.2 Å². The lowest BCUT2D eigenvalue weighted by atomic mass is 10.1. The molecule has 1 amide bonds. The first-order chi connectivity index (χ1) is 15.3. The van der Waals surface area contributed by atoms with Crippen molar-refractivity contribution < 1.29 is 22.4 Å². The number of nitrogens with zero attached hydrogens (tertiary/aromatic N) is 2. The van der Waals surface area contributed by atoms with Gasteiger partial charge in [0.2, 0.25) is 15.9 Å². The van der Waals surface area contributed by atoms with Crippen LogP contribution < -0.4 is 5.32 Å². The van der Waals surface area contributed by atoms with Gasteiger partial charge < -0.3 is 9.73 Å². The summed E-state index contributed by atoms with van der Waals surface area (Å²) in [7, 11) is -3.55. The molecule has 0 bridgehead atoms. The quantitative estimate of drug-likeness (QED) is 0.409. The predicted molar refractivity (Wildman–Crippen MR) is 122 cm³/mol. The zero-order chi connectivity index (χ0) is 22.7. The molecule has 0 unspecified atom stereocenters. The number of Topliss-reactive ketones (excluding diaryl/α,β-unsaturated/α-hetero) is 1. The van der Waals surface area contributed by atoms with Crippen molar-refractivity contribution in [3.63, 3.8) is 0 Å². The van der Waals surface area contributed by atoms with Crippen molar-refractivity contribution in [3.8, 4) is 0 Å². The number of oxazole rings is 1. The Balaban J connectivity index is 1.44. The second-order valence-electron chi connectivity index (χ2n) is 7.54. The molecule has 3 aromatic rings. The van der Waals surface area contributed by atoms with E-state index in [0.29, 0.717) is 40.7 Å². The fraction of sp³-hybridized carbons (Fsp3) is 0.318. The van der Waals surface area contributed by atoms with Gasteiger partial charge in [0, 0.05) is 31.3 Å². The lowest BCUT2D eigenvalue weighted by Gasteiger charge is -2.25. The number of amides is 1.